The number of fused-ring (bicyclic) bond motifs is 1. The summed E-state index contributed by atoms with van der Waals surface area (Å²) in [6.07, 6.45) is 11.1. The number of hydrogen-bond acceptors (Lipinski definition) is 3. The molecule has 1 aliphatic carbocycles. The Balaban J connectivity index is 1.36. The van der Waals surface area contributed by atoms with Crippen LogP contribution < -0.4 is 15.4 Å². The maximum atomic E-state index is 12.1. The molecule has 0 bridgehead atoms. The van der Waals surface area contributed by atoms with Crippen molar-refractivity contribution >= 4 is 17.5 Å². The van der Waals surface area contributed by atoms with Crippen LogP contribution in [0.1, 0.15) is 69.8 Å². The van der Waals surface area contributed by atoms with Crippen molar-refractivity contribution in [3.63, 3.8) is 0 Å². The van der Waals surface area contributed by atoms with Crippen LogP contribution >= 0.6 is 0 Å². The number of carbonyl (C=O) groups is 2. The molecule has 0 saturated heterocycles. The number of anilines is 1. The van der Waals surface area contributed by atoms with Crippen molar-refractivity contribution in [2.75, 3.05) is 11.9 Å². The highest BCUT2D eigenvalue weighted by molar-refractivity contribution is 5.94. The molecule has 0 radical (unpaired) electrons. The van der Waals surface area contributed by atoms with E-state index in [0.717, 1.165) is 36.3 Å². The van der Waals surface area contributed by atoms with Gasteiger partial charge in [0, 0.05) is 24.6 Å². The number of carbonyl (C=O) groups excluding carboxylic acids is 2. The van der Waals surface area contributed by atoms with E-state index in [1.54, 1.807) is 0 Å². The molecule has 0 spiro atoms. The number of benzene rings is 1. The molecule has 1 aromatic carbocycles. The highest BCUT2D eigenvalue weighted by Crippen LogP contribution is 2.26. The summed E-state index contributed by atoms with van der Waals surface area (Å²) in [5.74, 6) is 1.02. The summed E-state index contributed by atoms with van der Waals surface area (Å²) in [7, 11) is 0. The van der Waals surface area contributed by atoms with Gasteiger partial charge in [-0.2, -0.15) is 0 Å². The minimum Gasteiger partial charge on any atom is -0.494 e. The molecule has 2 N–H and O–H groups in total. The van der Waals surface area contributed by atoms with Gasteiger partial charge >= 0.3 is 0 Å². The Morgan fingerprint density at radius 2 is 1.88 bits per heavy atom. The molecule has 1 aliphatic heterocycles. The molecule has 1 saturated carbocycles. The van der Waals surface area contributed by atoms with Crippen LogP contribution in [0.3, 0.4) is 0 Å². The molecule has 26 heavy (non-hydrogen) atoms. The molecule has 1 aromatic rings. The lowest BCUT2D eigenvalue weighted by Crippen LogP contribution is -2.35. The first kappa shape index (κ1) is 18.7. The number of aryl methyl sites for hydroxylation is 1. The molecule has 5 heteroatoms. The Labute approximate surface area is 155 Å². The molecule has 0 atom stereocenters. The molecule has 2 amide bonds. The van der Waals surface area contributed by atoms with E-state index >= 15 is 0 Å². The Hall–Kier alpha value is -2.04. The maximum absolute atomic E-state index is 12.1. The summed E-state index contributed by atoms with van der Waals surface area (Å²) in [5.41, 5.74) is 2.00. The van der Waals surface area contributed by atoms with Crippen molar-refractivity contribution in [3.05, 3.63) is 23.8 Å². The second-order valence-electron chi connectivity index (χ2n) is 7.43. The Morgan fingerprint density at radius 1 is 1.12 bits per heavy atom. The quantitative estimate of drug-likeness (QED) is 0.757. The van der Waals surface area contributed by atoms with Crippen LogP contribution in [0, 0.1) is 0 Å². The van der Waals surface area contributed by atoms with Crippen molar-refractivity contribution in [2.24, 2.45) is 0 Å². The zero-order valence-corrected chi connectivity index (χ0v) is 15.5. The average molecular weight is 358 g/mol. The van der Waals surface area contributed by atoms with Gasteiger partial charge in [0.1, 0.15) is 5.75 Å². The normalized spacial score (nSPS) is 18.2. The molecular weight excluding hydrogens is 328 g/mol. The molecule has 0 unspecified atom stereocenters. The first-order valence-corrected chi connectivity index (χ1v) is 10.1. The summed E-state index contributed by atoms with van der Waals surface area (Å²) < 4.78 is 5.78. The van der Waals surface area contributed by atoms with Gasteiger partial charge in [-0.05, 0) is 49.4 Å². The monoisotopic (exact) mass is 358 g/mol. The van der Waals surface area contributed by atoms with Crippen molar-refractivity contribution in [1.82, 2.24) is 5.32 Å². The third-order valence-corrected chi connectivity index (χ3v) is 5.26. The first-order valence-electron chi connectivity index (χ1n) is 10.1. The van der Waals surface area contributed by atoms with E-state index in [-0.39, 0.29) is 11.8 Å². The molecule has 0 aromatic heterocycles. The van der Waals surface area contributed by atoms with Crippen LogP contribution in [0.15, 0.2) is 18.2 Å². The lowest BCUT2D eigenvalue weighted by molar-refractivity contribution is -0.122. The van der Waals surface area contributed by atoms with Crippen LogP contribution in [-0.4, -0.2) is 24.5 Å². The van der Waals surface area contributed by atoms with E-state index < -0.39 is 0 Å². The maximum Gasteiger partial charge on any atom is 0.224 e. The van der Waals surface area contributed by atoms with Crippen LogP contribution in [0.4, 0.5) is 5.69 Å². The average Bonchev–Trinajstić information content (AvgIpc) is 2.61. The summed E-state index contributed by atoms with van der Waals surface area (Å²) in [6.45, 7) is 0.531. The van der Waals surface area contributed by atoms with Crippen LogP contribution in [-0.2, 0) is 16.0 Å². The smallest absolute Gasteiger partial charge is 0.224 e. The minimum atomic E-state index is 0.0708. The highest BCUT2D eigenvalue weighted by Gasteiger charge is 2.16. The van der Waals surface area contributed by atoms with Gasteiger partial charge in [-0.3, -0.25) is 9.59 Å². The molecular formula is C21H30N2O3. The van der Waals surface area contributed by atoms with Gasteiger partial charge in [0.2, 0.25) is 11.8 Å². The molecule has 2 aliphatic rings. The molecule has 1 heterocycles. The largest absolute Gasteiger partial charge is 0.494 e. The van der Waals surface area contributed by atoms with Gasteiger partial charge in [-0.15, -0.1) is 0 Å². The summed E-state index contributed by atoms with van der Waals surface area (Å²) in [4.78, 5) is 23.5. The van der Waals surface area contributed by atoms with Gasteiger partial charge in [0.25, 0.3) is 0 Å². The topological polar surface area (TPSA) is 67.4 Å². The zero-order valence-electron chi connectivity index (χ0n) is 15.5. The van der Waals surface area contributed by atoms with Crippen molar-refractivity contribution in [1.29, 1.82) is 0 Å². The van der Waals surface area contributed by atoms with E-state index in [0.29, 0.717) is 31.9 Å². The number of ether oxygens (including phenoxy) is 1. The molecule has 1 fully saturated rings. The van der Waals surface area contributed by atoms with Crippen molar-refractivity contribution < 1.29 is 14.3 Å². The number of rotatable bonds is 6. The number of amides is 2. The van der Waals surface area contributed by atoms with Crippen molar-refractivity contribution in [2.45, 2.75) is 76.7 Å². The second-order valence-corrected chi connectivity index (χ2v) is 7.43. The van der Waals surface area contributed by atoms with Crippen LogP contribution in [0.5, 0.6) is 5.75 Å². The second kappa shape index (κ2) is 9.60. The fourth-order valence-corrected chi connectivity index (χ4v) is 3.77. The third kappa shape index (κ3) is 5.75. The fraction of sp³-hybridized carbons (Fsp3) is 0.619. The lowest BCUT2D eigenvalue weighted by Gasteiger charge is -2.21. The highest BCUT2D eigenvalue weighted by atomic mass is 16.5. The Kier molecular flexibility index (Phi) is 6.92. The van der Waals surface area contributed by atoms with E-state index in [1.807, 2.05) is 18.2 Å². The van der Waals surface area contributed by atoms with E-state index in [2.05, 4.69) is 10.6 Å². The SMILES string of the molecule is O=C1CCc2cc(OCCCC(=O)NC3CCCCCCC3)ccc2N1. The number of hydrogen-bond donors (Lipinski definition) is 2. The van der Waals surface area contributed by atoms with Gasteiger partial charge in [-0.1, -0.05) is 32.1 Å². The summed E-state index contributed by atoms with van der Waals surface area (Å²) in [5, 5.41) is 6.06. The van der Waals surface area contributed by atoms with Gasteiger partial charge in [0.05, 0.1) is 6.61 Å². The lowest BCUT2D eigenvalue weighted by atomic mass is 9.96. The molecule has 142 valence electrons. The Bertz CT molecular complexity index is 622. The Morgan fingerprint density at radius 3 is 2.69 bits per heavy atom. The minimum absolute atomic E-state index is 0.0708. The summed E-state index contributed by atoms with van der Waals surface area (Å²) >= 11 is 0. The molecule has 3 rings (SSSR count). The first-order chi connectivity index (χ1) is 12.7. The van der Waals surface area contributed by atoms with Gasteiger partial charge < -0.3 is 15.4 Å². The van der Waals surface area contributed by atoms with E-state index in [1.165, 1.54) is 32.1 Å². The predicted molar refractivity (Wildman–Crippen MR) is 102 cm³/mol. The van der Waals surface area contributed by atoms with E-state index in [4.69, 9.17) is 4.74 Å². The van der Waals surface area contributed by atoms with Gasteiger partial charge in [-0.25, -0.2) is 0 Å². The van der Waals surface area contributed by atoms with Crippen LogP contribution in [0.2, 0.25) is 0 Å². The number of nitrogens with one attached hydrogen (secondary N) is 2. The standard InChI is InChI=1S/C21H30N2O3/c24-20(22-17-7-4-2-1-3-5-8-17)9-6-14-26-18-11-12-19-16(15-18)10-13-21(25)23-19/h11-12,15,17H,1-10,13-14H2,(H,22,24)(H,23,25). The van der Waals surface area contributed by atoms with E-state index in [9.17, 15) is 9.59 Å². The zero-order chi connectivity index (χ0) is 18.2. The van der Waals surface area contributed by atoms with Gasteiger partial charge in [0.15, 0.2) is 0 Å². The fourth-order valence-electron chi connectivity index (χ4n) is 3.77. The third-order valence-electron chi connectivity index (χ3n) is 5.26. The summed E-state index contributed by atoms with van der Waals surface area (Å²) in [6, 6.07) is 6.12. The van der Waals surface area contributed by atoms with Crippen LogP contribution in [0.25, 0.3) is 0 Å². The van der Waals surface area contributed by atoms with Crippen molar-refractivity contribution in [3.8, 4) is 5.75 Å². The molecule has 5 nitrogen and oxygen atoms in total. The predicted octanol–water partition coefficient (Wildman–Crippen LogP) is 3.96.